The van der Waals surface area contributed by atoms with E-state index in [-0.39, 0.29) is 6.17 Å². The maximum Gasteiger partial charge on any atom is 0.0464 e. The summed E-state index contributed by atoms with van der Waals surface area (Å²) in [5.41, 5.74) is 7.59. The van der Waals surface area contributed by atoms with Crippen LogP contribution in [0.4, 0.5) is 0 Å². The summed E-state index contributed by atoms with van der Waals surface area (Å²) in [5, 5.41) is 4.01. The molecule has 1 aliphatic rings. The molecule has 0 aliphatic carbocycles. The molecule has 56 valence electrons. The largest absolute Gasteiger partial charge is 0.671 e. The molecule has 2 N–H and O–H groups in total. The molecule has 0 fully saturated rings. The Kier molecular flexibility index (Phi) is 1.36. The Labute approximate surface area is 64.9 Å². The Morgan fingerprint density at radius 2 is 2.45 bits per heavy atom. The summed E-state index contributed by atoms with van der Waals surface area (Å²) in [6.45, 7) is 0. The zero-order chi connectivity index (χ0) is 7.68. The summed E-state index contributed by atoms with van der Waals surface area (Å²) in [7, 11) is 0. The number of pyridine rings is 1. The molecule has 0 amide bonds. The number of nitrogens with two attached hydrogens (primary N) is 1. The van der Waals surface area contributed by atoms with Crippen molar-refractivity contribution in [2.24, 2.45) is 5.73 Å². The van der Waals surface area contributed by atoms with E-state index in [2.05, 4.69) is 10.3 Å². The molecular weight excluding hydrogens is 138 g/mol. The number of aromatic nitrogens is 1. The molecule has 1 unspecified atom stereocenters. The highest BCUT2D eigenvalue weighted by molar-refractivity contribution is 5.58. The first-order valence-electron chi connectivity index (χ1n) is 3.45. The lowest BCUT2D eigenvalue weighted by atomic mass is 10.1. The van der Waals surface area contributed by atoms with Gasteiger partial charge in [0.25, 0.3) is 0 Å². The van der Waals surface area contributed by atoms with Crippen LogP contribution in [0.5, 0.6) is 0 Å². The minimum atomic E-state index is -0.281. The predicted molar refractivity (Wildman–Crippen MR) is 43.6 cm³/mol. The first-order chi connectivity index (χ1) is 5.38. The second-order valence-corrected chi connectivity index (χ2v) is 2.39. The second kappa shape index (κ2) is 2.36. The summed E-state index contributed by atoms with van der Waals surface area (Å²) in [5.74, 6) is 0. The first-order valence-corrected chi connectivity index (χ1v) is 3.45. The fourth-order valence-electron chi connectivity index (χ4n) is 1.10. The van der Waals surface area contributed by atoms with Crippen molar-refractivity contribution in [3.8, 4) is 0 Å². The third kappa shape index (κ3) is 0.991. The Morgan fingerprint density at radius 3 is 3.27 bits per heavy atom. The molecule has 0 spiro atoms. The van der Waals surface area contributed by atoms with Gasteiger partial charge in [-0.2, -0.15) is 6.20 Å². The molecule has 3 heteroatoms. The zero-order valence-corrected chi connectivity index (χ0v) is 5.94. The highest BCUT2D eigenvalue weighted by atomic mass is 15.0. The molecule has 11 heavy (non-hydrogen) atoms. The maximum atomic E-state index is 5.67. The fourth-order valence-corrected chi connectivity index (χ4v) is 1.10. The van der Waals surface area contributed by atoms with Gasteiger partial charge in [0.1, 0.15) is 0 Å². The third-order valence-electron chi connectivity index (χ3n) is 1.65. The topological polar surface area (TPSA) is 53.0 Å². The van der Waals surface area contributed by atoms with Crippen molar-refractivity contribution in [3.63, 3.8) is 0 Å². The molecule has 0 saturated carbocycles. The minimum Gasteiger partial charge on any atom is -0.671 e. The zero-order valence-electron chi connectivity index (χ0n) is 5.94. The van der Waals surface area contributed by atoms with Gasteiger partial charge in [0, 0.05) is 11.9 Å². The van der Waals surface area contributed by atoms with E-state index in [0.717, 1.165) is 11.3 Å². The van der Waals surface area contributed by atoms with Gasteiger partial charge in [0.15, 0.2) is 0 Å². The van der Waals surface area contributed by atoms with Crippen molar-refractivity contribution in [2.45, 2.75) is 6.17 Å². The van der Waals surface area contributed by atoms with Crippen LogP contribution in [0.2, 0.25) is 0 Å². The van der Waals surface area contributed by atoms with Crippen molar-refractivity contribution in [3.05, 3.63) is 41.1 Å². The van der Waals surface area contributed by atoms with E-state index in [4.69, 9.17) is 5.73 Å². The fraction of sp³-hybridized carbons (Fsp3) is 0.125. The second-order valence-electron chi connectivity index (χ2n) is 2.39. The molecule has 0 radical (unpaired) electrons. The van der Waals surface area contributed by atoms with E-state index >= 15 is 0 Å². The van der Waals surface area contributed by atoms with Gasteiger partial charge in [-0.05, 0) is 17.8 Å². The van der Waals surface area contributed by atoms with Crippen LogP contribution >= 0.6 is 0 Å². The smallest absolute Gasteiger partial charge is 0.0464 e. The number of nitrogens with zero attached hydrogens (tertiary/aromatic N) is 2. The number of hydrogen-bond acceptors (Lipinski definition) is 2. The molecule has 2 heterocycles. The molecule has 0 bridgehead atoms. The first kappa shape index (κ1) is 6.37. The Morgan fingerprint density at radius 1 is 1.55 bits per heavy atom. The van der Waals surface area contributed by atoms with Gasteiger partial charge in [0.2, 0.25) is 0 Å². The monoisotopic (exact) mass is 146 g/mol. The summed E-state index contributed by atoms with van der Waals surface area (Å²) in [6, 6.07) is 3.87. The van der Waals surface area contributed by atoms with Gasteiger partial charge >= 0.3 is 0 Å². The van der Waals surface area contributed by atoms with Crippen molar-refractivity contribution in [2.75, 3.05) is 0 Å². The lowest BCUT2D eigenvalue weighted by Gasteiger charge is -2.29. The number of rotatable bonds is 0. The minimum absolute atomic E-state index is 0.281. The van der Waals surface area contributed by atoms with Gasteiger partial charge in [-0.3, -0.25) is 4.98 Å². The molecule has 1 atom stereocenters. The van der Waals surface area contributed by atoms with E-state index in [1.54, 1.807) is 12.4 Å². The summed E-state index contributed by atoms with van der Waals surface area (Å²) in [6.07, 6.45) is 5.07. The summed E-state index contributed by atoms with van der Waals surface area (Å²) < 4.78 is 0. The highest BCUT2D eigenvalue weighted by Gasteiger charge is 2.03. The molecule has 1 aromatic heterocycles. The van der Waals surface area contributed by atoms with Crippen LogP contribution in [-0.4, -0.2) is 4.98 Å². The highest BCUT2D eigenvalue weighted by Crippen LogP contribution is 2.24. The molecule has 0 aromatic carbocycles. The Hall–Kier alpha value is -1.35. The van der Waals surface area contributed by atoms with Crippen LogP contribution in [0.3, 0.4) is 0 Å². The number of fused-ring (bicyclic) bond motifs is 1. The SMILES string of the molecule is NC1[N-]C=Cc2cccnc21. The quantitative estimate of drug-likeness (QED) is 0.601. The van der Waals surface area contributed by atoms with Crippen LogP contribution in [0.15, 0.2) is 24.5 Å². The normalized spacial score (nSPS) is 20.6. The van der Waals surface area contributed by atoms with Crippen molar-refractivity contribution in [1.29, 1.82) is 0 Å². The van der Waals surface area contributed by atoms with Gasteiger partial charge in [0.05, 0.1) is 0 Å². The Bertz CT molecular complexity index is 293. The molecule has 2 rings (SSSR count). The van der Waals surface area contributed by atoms with Gasteiger partial charge < -0.3 is 11.1 Å². The van der Waals surface area contributed by atoms with Crippen molar-refractivity contribution in [1.82, 2.24) is 4.98 Å². The standard InChI is InChI=1S/C8H8N3/c9-8-7-6(3-5-11-8)2-1-4-10-7/h1-5,8H,9H2/q-1. The van der Waals surface area contributed by atoms with E-state index in [1.807, 2.05) is 18.2 Å². The average molecular weight is 146 g/mol. The van der Waals surface area contributed by atoms with Crippen LogP contribution in [0.25, 0.3) is 11.4 Å². The van der Waals surface area contributed by atoms with Gasteiger partial charge in [-0.25, -0.2) is 0 Å². The summed E-state index contributed by atoms with van der Waals surface area (Å²) in [4.78, 5) is 4.13. The predicted octanol–water partition coefficient (Wildman–Crippen LogP) is 1.40. The van der Waals surface area contributed by atoms with Crippen LogP contribution in [-0.2, 0) is 0 Å². The van der Waals surface area contributed by atoms with E-state index in [0.29, 0.717) is 0 Å². The lowest BCUT2D eigenvalue weighted by Crippen LogP contribution is -2.13. The molecule has 1 aromatic rings. The Balaban J connectivity index is 2.54. The third-order valence-corrected chi connectivity index (χ3v) is 1.65. The molecule has 3 nitrogen and oxygen atoms in total. The van der Waals surface area contributed by atoms with Crippen molar-refractivity contribution < 1.29 is 0 Å². The summed E-state index contributed by atoms with van der Waals surface area (Å²) >= 11 is 0. The van der Waals surface area contributed by atoms with Crippen LogP contribution in [0.1, 0.15) is 17.4 Å². The van der Waals surface area contributed by atoms with Crippen molar-refractivity contribution >= 4 is 6.08 Å². The molecular formula is C8H8N3-. The lowest BCUT2D eigenvalue weighted by molar-refractivity contribution is 0.824. The van der Waals surface area contributed by atoms with Gasteiger partial charge in [-0.15, -0.1) is 0 Å². The van der Waals surface area contributed by atoms with E-state index < -0.39 is 0 Å². The molecule has 0 saturated heterocycles. The van der Waals surface area contributed by atoms with Gasteiger partial charge in [-0.1, -0.05) is 12.1 Å². The molecule has 1 aliphatic heterocycles. The van der Waals surface area contributed by atoms with Crippen LogP contribution < -0.4 is 5.73 Å². The van der Waals surface area contributed by atoms with E-state index in [9.17, 15) is 0 Å². The average Bonchev–Trinajstić information content (AvgIpc) is 2.06. The maximum absolute atomic E-state index is 5.67. The van der Waals surface area contributed by atoms with Crippen LogP contribution in [0, 0.1) is 0 Å². The number of hydrogen-bond donors (Lipinski definition) is 1. The van der Waals surface area contributed by atoms with E-state index in [1.165, 1.54) is 0 Å².